The molecule has 0 saturated heterocycles. The van der Waals surface area contributed by atoms with Crippen LogP contribution in [0.3, 0.4) is 0 Å². The smallest absolute Gasteiger partial charge is 0.134 e. The molecule has 7 N–H and O–H groups in total. The summed E-state index contributed by atoms with van der Waals surface area (Å²) in [6, 6.07) is -0.203. The number of anilines is 2. The van der Waals surface area contributed by atoms with Crippen molar-refractivity contribution in [1.82, 2.24) is 0 Å². The fraction of sp³-hybridized carbons (Fsp3) is 0.273. The van der Waals surface area contributed by atoms with E-state index in [1.807, 2.05) is 6.92 Å². The molecule has 6 heteroatoms. The van der Waals surface area contributed by atoms with E-state index in [1.165, 1.54) is 0 Å². The number of halogens is 2. The highest BCUT2D eigenvalue weighted by Crippen LogP contribution is 2.46. The number of hydrogen-bond acceptors (Lipinski definition) is 4. The van der Waals surface area contributed by atoms with Crippen LogP contribution in [0.4, 0.5) is 11.4 Å². The third kappa shape index (κ3) is 1.89. The van der Waals surface area contributed by atoms with E-state index in [0.29, 0.717) is 23.4 Å². The van der Waals surface area contributed by atoms with Crippen LogP contribution in [-0.4, -0.2) is 5.11 Å². The standard InChI is InChI=1S/C11H13I2N3O/c1-3-8(13)10(16)7-6(9(3)15)5(14)2-4(12)11(7)17/h5,17H,2,14-16H2,1H3. The van der Waals surface area contributed by atoms with Gasteiger partial charge in [0.05, 0.1) is 5.69 Å². The molecule has 0 saturated carbocycles. The lowest BCUT2D eigenvalue weighted by molar-refractivity contribution is 0.499. The van der Waals surface area contributed by atoms with E-state index >= 15 is 0 Å². The first-order valence-corrected chi connectivity index (χ1v) is 7.22. The summed E-state index contributed by atoms with van der Waals surface area (Å²) in [5.74, 6) is 0.212. The number of aliphatic hydroxyl groups excluding tert-OH is 1. The van der Waals surface area contributed by atoms with E-state index in [1.54, 1.807) is 0 Å². The van der Waals surface area contributed by atoms with Crippen molar-refractivity contribution in [2.45, 2.75) is 19.4 Å². The van der Waals surface area contributed by atoms with Crippen molar-refractivity contribution in [1.29, 1.82) is 0 Å². The molecule has 1 unspecified atom stereocenters. The Balaban J connectivity index is 2.90. The van der Waals surface area contributed by atoms with Gasteiger partial charge in [0.1, 0.15) is 5.76 Å². The molecular weight excluding hydrogens is 444 g/mol. The first-order chi connectivity index (χ1) is 7.86. The summed E-state index contributed by atoms with van der Waals surface area (Å²) >= 11 is 4.24. The number of benzene rings is 1. The third-order valence-electron chi connectivity index (χ3n) is 3.06. The topological polar surface area (TPSA) is 98.3 Å². The van der Waals surface area contributed by atoms with Gasteiger partial charge in [0.2, 0.25) is 0 Å². The number of fused-ring (bicyclic) bond motifs is 1. The maximum atomic E-state index is 10.1. The van der Waals surface area contributed by atoms with E-state index < -0.39 is 0 Å². The molecule has 0 spiro atoms. The summed E-state index contributed by atoms with van der Waals surface area (Å²) in [5, 5.41) is 10.1. The zero-order valence-electron chi connectivity index (χ0n) is 9.22. The van der Waals surface area contributed by atoms with Crippen molar-refractivity contribution in [3.63, 3.8) is 0 Å². The van der Waals surface area contributed by atoms with Gasteiger partial charge in [0.25, 0.3) is 0 Å². The Bertz CT molecular complexity index is 540. The summed E-state index contributed by atoms with van der Waals surface area (Å²) in [4.78, 5) is 0. The SMILES string of the molecule is Cc1c(N)c2c(c(N)c1I)C(O)=C(I)CC2N. The van der Waals surface area contributed by atoms with Gasteiger partial charge in [-0.05, 0) is 57.7 Å². The molecule has 1 aliphatic carbocycles. The second-order valence-corrected chi connectivity index (χ2v) is 6.50. The van der Waals surface area contributed by atoms with Gasteiger partial charge in [0, 0.05) is 36.4 Å². The first-order valence-electron chi connectivity index (χ1n) is 5.06. The average molecular weight is 457 g/mol. The number of nitrogen functional groups attached to an aromatic ring is 2. The summed E-state index contributed by atoms with van der Waals surface area (Å²) in [7, 11) is 0. The van der Waals surface area contributed by atoms with E-state index in [-0.39, 0.29) is 11.8 Å². The normalized spacial score (nSPS) is 19.4. The second kappa shape index (κ2) is 4.47. The molecule has 2 rings (SSSR count). The zero-order chi connectivity index (χ0) is 12.9. The average Bonchev–Trinajstić information content (AvgIpc) is 2.28. The maximum Gasteiger partial charge on any atom is 0.134 e. The van der Waals surface area contributed by atoms with Gasteiger partial charge in [-0.25, -0.2) is 0 Å². The van der Waals surface area contributed by atoms with Gasteiger partial charge >= 0.3 is 0 Å². The van der Waals surface area contributed by atoms with E-state index in [9.17, 15) is 5.11 Å². The molecule has 0 aliphatic heterocycles. The van der Waals surface area contributed by atoms with Crippen molar-refractivity contribution in [3.8, 4) is 0 Å². The molecule has 0 amide bonds. The van der Waals surface area contributed by atoms with Crippen molar-refractivity contribution in [2.24, 2.45) is 5.73 Å². The van der Waals surface area contributed by atoms with Crippen LogP contribution >= 0.6 is 45.2 Å². The van der Waals surface area contributed by atoms with Crippen LogP contribution in [-0.2, 0) is 0 Å². The summed E-state index contributed by atoms with van der Waals surface area (Å²) < 4.78 is 1.71. The minimum Gasteiger partial charge on any atom is -0.506 e. The minimum absolute atomic E-state index is 0.203. The Kier molecular flexibility index (Phi) is 3.47. The molecule has 1 aliphatic rings. The van der Waals surface area contributed by atoms with Gasteiger partial charge in [-0.15, -0.1) is 0 Å². The lowest BCUT2D eigenvalue weighted by atomic mass is 9.87. The number of aliphatic hydroxyl groups is 1. The Morgan fingerprint density at radius 1 is 1.24 bits per heavy atom. The van der Waals surface area contributed by atoms with E-state index in [4.69, 9.17) is 17.2 Å². The molecule has 1 aromatic carbocycles. The van der Waals surface area contributed by atoms with Gasteiger partial charge in [-0.1, -0.05) is 0 Å². The fourth-order valence-electron chi connectivity index (χ4n) is 2.08. The molecule has 1 aromatic rings. The summed E-state index contributed by atoms with van der Waals surface area (Å²) in [6.07, 6.45) is 0.600. The lowest BCUT2D eigenvalue weighted by Crippen LogP contribution is -2.21. The Labute approximate surface area is 127 Å². The van der Waals surface area contributed by atoms with Crippen molar-refractivity contribution in [2.75, 3.05) is 11.5 Å². The zero-order valence-corrected chi connectivity index (χ0v) is 13.5. The summed E-state index contributed by atoms with van der Waals surface area (Å²) in [6.45, 7) is 1.92. The molecule has 0 aromatic heterocycles. The molecule has 17 heavy (non-hydrogen) atoms. The molecule has 0 heterocycles. The number of rotatable bonds is 0. The van der Waals surface area contributed by atoms with E-state index in [0.717, 1.165) is 18.3 Å². The monoisotopic (exact) mass is 457 g/mol. The molecule has 92 valence electrons. The Morgan fingerprint density at radius 3 is 2.41 bits per heavy atom. The Morgan fingerprint density at radius 2 is 1.82 bits per heavy atom. The molecule has 0 fully saturated rings. The quantitative estimate of drug-likeness (QED) is 0.356. The van der Waals surface area contributed by atoms with Crippen molar-refractivity contribution >= 4 is 62.3 Å². The highest BCUT2D eigenvalue weighted by Gasteiger charge is 2.29. The van der Waals surface area contributed by atoms with Crippen LogP contribution in [0.5, 0.6) is 0 Å². The number of hydrogen-bond donors (Lipinski definition) is 4. The molecular formula is C11H13I2N3O. The van der Waals surface area contributed by atoms with Gasteiger partial charge < -0.3 is 22.3 Å². The lowest BCUT2D eigenvalue weighted by Gasteiger charge is -2.27. The van der Waals surface area contributed by atoms with Crippen LogP contribution < -0.4 is 17.2 Å². The molecule has 0 bridgehead atoms. The highest BCUT2D eigenvalue weighted by molar-refractivity contribution is 14.1. The van der Waals surface area contributed by atoms with Crippen LogP contribution in [0, 0.1) is 10.5 Å². The molecule has 0 radical (unpaired) electrons. The maximum absolute atomic E-state index is 10.1. The van der Waals surface area contributed by atoms with Gasteiger partial charge in [-0.3, -0.25) is 0 Å². The van der Waals surface area contributed by atoms with Crippen LogP contribution in [0.25, 0.3) is 5.76 Å². The van der Waals surface area contributed by atoms with Gasteiger partial charge in [-0.2, -0.15) is 0 Å². The van der Waals surface area contributed by atoms with E-state index in [2.05, 4.69) is 45.2 Å². The summed E-state index contributed by atoms with van der Waals surface area (Å²) in [5.41, 5.74) is 21.8. The fourth-order valence-corrected chi connectivity index (χ4v) is 3.38. The molecule has 4 nitrogen and oxygen atoms in total. The van der Waals surface area contributed by atoms with Crippen LogP contribution in [0.15, 0.2) is 3.58 Å². The Hall–Kier alpha value is -0.220. The van der Waals surface area contributed by atoms with Gasteiger partial charge in [0.15, 0.2) is 0 Å². The van der Waals surface area contributed by atoms with Crippen LogP contribution in [0.2, 0.25) is 0 Å². The van der Waals surface area contributed by atoms with Crippen LogP contribution in [0.1, 0.15) is 29.2 Å². The first kappa shape index (κ1) is 13.2. The number of nitrogens with two attached hydrogens (primary N) is 3. The predicted molar refractivity (Wildman–Crippen MR) is 87.8 cm³/mol. The predicted octanol–water partition coefficient (Wildman–Crippen LogP) is 2.83. The van der Waals surface area contributed by atoms with Crippen molar-refractivity contribution in [3.05, 3.63) is 23.8 Å². The third-order valence-corrected chi connectivity index (χ3v) is 5.40. The highest BCUT2D eigenvalue weighted by atomic mass is 127. The largest absolute Gasteiger partial charge is 0.506 e. The second-order valence-electron chi connectivity index (χ2n) is 4.12. The molecule has 1 atom stereocenters. The minimum atomic E-state index is -0.203. The van der Waals surface area contributed by atoms with Crippen molar-refractivity contribution < 1.29 is 5.11 Å².